The van der Waals surface area contributed by atoms with Crippen LogP contribution in [0.25, 0.3) is 0 Å². The maximum Gasteiger partial charge on any atom is 0.314 e. The molecule has 2 amide bonds. The second-order valence-electron chi connectivity index (χ2n) is 3.51. The number of aliphatic carboxylic acids is 1. The molecule has 0 heterocycles. The van der Waals surface area contributed by atoms with E-state index in [1.165, 1.54) is 0 Å². The molecule has 1 atom stereocenters. The summed E-state index contributed by atoms with van der Waals surface area (Å²) in [5.74, 6) is -0.837. The van der Waals surface area contributed by atoms with Gasteiger partial charge in [-0.2, -0.15) is 11.8 Å². The lowest BCUT2D eigenvalue weighted by molar-refractivity contribution is -0.137. The van der Waals surface area contributed by atoms with Gasteiger partial charge in [0.1, 0.15) is 0 Å². The summed E-state index contributed by atoms with van der Waals surface area (Å²) in [5.41, 5.74) is 0. The highest BCUT2D eigenvalue weighted by Crippen LogP contribution is 2.07. The normalized spacial score (nSPS) is 11.9. The summed E-state index contributed by atoms with van der Waals surface area (Å²) >= 11 is 1.76. The van der Waals surface area contributed by atoms with Crippen molar-refractivity contribution in [3.05, 3.63) is 0 Å². The number of hydrogen-bond donors (Lipinski definition) is 3. The summed E-state index contributed by atoms with van der Waals surface area (Å²) in [6.45, 7) is 3.15. The fourth-order valence-electron chi connectivity index (χ4n) is 1.01. The van der Waals surface area contributed by atoms with Gasteiger partial charge in [-0.15, -0.1) is 0 Å². The van der Waals surface area contributed by atoms with Crippen molar-refractivity contribution in [2.45, 2.75) is 31.4 Å². The summed E-state index contributed by atoms with van der Waals surface area (Å²) in [6, 6.07) is -0.223. The van der Waals surface area contributed by atoms with Crippen LogP contribution in [0.3, 0.4) is 0 Å². The molecule has 0 spiro atoms. The first-order chi connectivity index (χ1) is 7.56. The predicted octanol–water partition coefficient (Wildman–Crippen LogP) is 1.29. The number of rotatable bonds is 8. The van der Waals surface area contributed by atoms with E-state index in [2.05, 4.69) is 17.6 Å². The second kappa shape index (κ2) is 9.33. The number of carbonyl (C=O) groups is 2. The molecular formula is C10H20N2O3S. The first-order valence-electron chi connectivity index (χ1n) is 5.32. The van der Waals surface area contributed by atoms with Crippen LogP contribution in [0.4, 0.5) is 4.79 Å². The minimum atomic E-state index is -0.837. The summed E-state index contributed by atoms with van der Waals surface area (Å²) in [7, 11) is 0. The van der Waals surface area contributed by atoms with E-state index in [1.54, 1.807) is 11.8 Å². The van der Waals surface area contributed by atoms with Gasteiger partial charge in [-0.25, -0.2) is 4.79 Å². The lowest BCUT2D eigenvalue weighted by Crippen LogP contribution is -2.37. The second-order valence-corrected chi connectivity index (χ2v) is 4.79. The molecule has 5 nitrogen and oxygen atoms in total. The maximum atomic E-state index is 11.2. The highest BCUT2D eigenvalue weighted by atomic mass is 32.2. The van der Waals surface area contributed by atoms with E-state index in [1.807, 2.05) is 6.26 Å². The number of hydrogen-bond acceptors (Lipinski definition) is 3. The Morgan fingerprint density at radius 3 is 2.50 bits per heavy atom. The average molecular weight is 248 g/mol. The molecule has 94 valence electrons. The standard InChI is InChI=1S/C10H20N2O3S/c1-8(16-2)5-7-12-10(15)11-6-3-4-9(13)14/h8H,3-7H2,1-2H3,(H,13,14)(H2,11,12,15). The number of urea groups is 1. The molecule has 0 aromatic carbocycles. The molecule has 1 unspecified atom stereocenters. The summed E-state index contributed by atoms with van der Waals surface area (Å²) in [6.07, 6.45) is 3.52. The molecular weight excluding hydrogens is 228 g/mol. The zero-order valence-corrected chi connectivity index (χ0v) is 10.6. The fraction of sp³-hybridized carbons (Fsp3) is 0.800. The van der Waals surface area contributed by atoms with Crippen LogP contribution in [0.15, 0.2) is 0 Å². The molecule has 0 saturated heterocycles. The Bertz CT molecular complexity index is 224. The molecule has 0 aliphatic carbocycles. The van der Waals surface area contributed by atoms with Gasteiger partial charge in [0, 0.05) is 24.8 Å². The smallest absolute Gasteiger partial charge is 0.314 e. The molecule has 0 saturated carbocycles. The van der Waals surface area contributed by atoms with Gasteiger partial charge in [0.05, 0.1) is 0 Å². The Morgan fingerprint density at radius 1 is 1.31 bits per heavy atom. The van der Waals surface area contributed by atoms with Crippen LogP contribution in [0.5, 0.6) is 0 Å². The number of amides is 2. The van der Waals surface area contributed by atoms with Crippen molar-refractivity contribution >= 4 is 23.8 Å². The van der Waals surface area contributed by atoms with Crippen LogP contribution < -0.4 is 10.6 Å². The van der Waals surface area contributed by atoms with E-state index < -0.39 is 5.97 Å². The van der Waals surface area contributed by atoms with Crippen LogP contribution in [0.1, 0.15) is 26.2 Å². The van der Waals surface area contributed by atoms with Gasteiger partial charge in [0.25, 0.3) is 0 Å². The monoisotopic (exact) mass is 248 g/mol. The third kappa shape index (κ3) is 9.64. The number of nitrogens with one attached hydrogen (secondary N) is 2. The molecule has 0 aliphatic heterocycles. The van der Waals surface area contributed by atoms with Crippen molar-refractivity contribution < 1.29 is 14.7 Å². The van der Waals surface area contributed by atoms with Crippen molar-refractivity contribution in [3.8, 4) is 0 Å². The number of carboxylic acid groups (broad SMARTS) is 1. The van der Waals surface area contributed by atoms with Gasteiger partial charge in [0.2, 0.25) is 0 Å². The Kier molecular flexibility index (Phi) is 8.80. The van der Waals surface area contributed by atoms with Crippen LogP contribution in [-0.2, 0) is 4.79 Å². The predicted molar refractivity (Wildman–Crippen MR) is 65.9 cm³/mol. The van der Waals surface area contributed by atoms with Crippen molar-refractivity contribution in [3.63, 3.8) is 0 Å². The fourth-order valence-corrected chi connectivity index (χ4v) is 1.36. The van der Waals surface area contributed by atoms with Gasteiger partial charge in [-0.1, -0.05) is 6.92 Å². The SMILES string of the molecule is CSC(C)CCNC(=O)NCCCC(=O)O. The number of carboxylic acids is 1. The van der Waals surface area contributed by atoms with Crippen LogP contribution >= 0.6 is 11.8 Å². The first kappa shape index (κ1) is 15.1. The lowest BCUT2D eigenvalue weighted by atomic mass is 10.3. The topological polar surface area (TPSA) is 78.4 Å². The van der Waals surface area contributed by atoms with Crippen LogP contribution in [0.2, 0.25) is 0 Å². The Hall–Kier alpha value is -0.910. The van der Waals surface area contributed by atoms with Gasteiger partial charge in [0.15, 0.2) is 0 Å². The molecule has 3 N–H and O–H groups in total. The quantitative estimate of drug-likeness (QED) is 0.566. The average Bonchev–Trinajstić information content (AvgIpc) is 2.24. The molecule has 0 bridgehead atoms. The molecule has 0 rings (SSSR count). The maximum absolute atomic E-state index is 11.2. The largest absolute Gasteiger partial charge is 0.481 e. The van der Waals surface area contributed by atoms with E-state index in [9.17, 15) is 9.59 Å². The summed E-state index contributed by atoms with van der Waals surface area (Å²) in [5, 5.41) is 14.2. The first-order valence-corrected chi connectivity index (χ1v) is 6.61. The molecule has 6 heteroatoms. The van der Waals surface area contributed by atoms with E-state index in [-0.39, 0.29) is 12.5 Å². The van der Waals surface area contributed by atoms with E-state index >= 15 is 0 Å². The molecule has 0 aliphatic rings. The van der Waals surface area contributed by atoms with Crippen molar-refractivity contribution in [2.24, 2.45) is 0 Å². The molecule has 0 aromatic heterocycles. The van der Waals surface area contributed by atoms with Gasteiger partial charge >= 0.3 is 12.0 Å². The minimum Gasteiger partial charge on any atom is -0.481 e. The highest BCUT2D eigenvalue weighted by molar-refractivity contribution is 7.99. The van der Waals surface area contributed by atoms with E-state index in [0.29, 0.717) is 24.8 Å². The third-order valence-corrected chi connectivity index (χ3v) is 3.13. The van der Waals surface area contributed by atoms with Crippen molar-refractivity contribution in [1.29, 1.82) is 0 Å². The highest BCUT2D eigenvalue weighted by Gasteiger charge is 2.02. The Morgan fingerprint density at radius 2 is 1.94 bits per heavy atom. The minimum absolute atomic E-state index is 0.0871. The number of carbonyl (C=O) groups excluding carboxylic acids is 1. The van der Waals surface area contributed by atoms with E-state index in [0.717, 1.165) is 6.42 Å². The Balaban J connectivity index is 3.34. The van der Waals surface area contributed by atoms with Gasteiger partial charge in [-0.3, -0.25) is 4.79 Å². The van der Waals surface area contributed by atoms with Crippen molar-refractivity contribution in [1.82, 2.24) is 10.6 Å². The molecule has 0 aromatic rings. The van der Waals surface area contributed by atoms with Crippen LogP contribution in [-0.4, -0.2) is 41.7 Å². The van der Waals surface area contributed by atoms with Gasteiger partial charge in [-0.05, 0) is 19.1 Å². The van der Waals surface area contributed by atoms with Crippen molar-refractivity contribution in [2.75, 3.05) is 19.3 Å². The molecule has 0 fully saturated rings. The third-order valence-electron chi connectivity index (χ3n) is 2.09. The summed E-state index contributed by atoms with van der Waals surface area (Å²) < 4.78 is 0. The molecule has 16 heavy (non-hydrogen) atoms. The van der Waals surface area contributed by atoms with Gasteiger partial charge < -0.3 is 15.7 Å². The Labute approximate surface area is 100 Å². The van der Waals surface area contributed by atoms with Crippen LogP contribution in [0, 0.1) is 0 Å². The lowest BCUT2D eigenvalue weighted by Gasteiger charge is -2.09. The van der Waals surface area contributed by atoms with E-state index in [4.69, 9.17) is 5.11 Å². The zero-order valence-electron chi connectivity index (χ0n) is 9.78. The number of thioether (sulfide) groups is 1. The molecule has 0 radical (unpaired) electrons. The summed E-state index contributed by atoms with van der Waals surface area (Å²) in [4.78, 5) is 21.4. The zero-order chi connectivity index (χ0) is 12.4.